The number of carbonyl (C=O) groups excluding carboxylic acids is 1. The topological polar surface area (TPSA) is 77.5 Å². The second-order valence-corrected chi connectivity index (χ2v) is 6.02. The van der Waals surface area contributed by atoms with Crippen molar-refractivity contribution in [2.75, 3.05) is 26.2 Å². The fourth-order valence-electron chi connectivity index (χ4n) is 3.14. The van der Waals surface area contributed by atoms with Gasteiger partial charge in [0.05, 0.1) is 31.6 Å². The monoisotopic (exact) mass is 315 g/mol. The second kappa shape index (κ2) is 5.99. The number of Topliss-reactive ketones (excluding diaryl/α,β-unsaturated/α-hetero) is 1. The van der Waals surface area contributed by atoms with Gasteiger partial charge in [-0.15, -0.1) is 0 Å². The minimum atomic E-state index is -1.19. The van der Waals surface area contributed by atoms with E-state index in [0.717, 1.165) is 25.3 Å². The molecule has 3 rings (SSSR count). The fraction of sp³-hybridized carbons (Fsp3) is 0.412. The lowest BCUT2D eigenvalue weighted by atomic mass is 9.88. The number of nitrogens with two attached hydrogens (primary N) is 1. The van der Waals surface area contributed by atoms with Gasteiger partial charge in [-0.3, -0.25) is 4.79 Å². The van der Waals surface area contributed by atoms with E-state index >= 15 is 0 Å². The van der Waals surface area contributed by atoms with E-state index in [2.05, 4.69) is 22.9 Å². The number of carbonyl (C=O) groups is 2. The standard InChI is InChI=1S/C17H19N3O3/c1-3-19-10-14(17(22)23)16(21)13-5-4-12(8-15(13)19)20-7-6-18-11(2)9-20/h4-5,10-11,18H,3,6-7,9H2,1-2H3/p+2. The van der Waals surface area contributed by atoms with Crippen LogP contribution in [-0.4, -0.2) is 58.9 Å². The van der Waals surface area contributed by atoms with Crippen LogP contribution in [-0.2, 0) is 9.59 Å². The number of hydrogen-bond donors (Lipinski definition) is 2. The van der Waals surface area contributed by atoms with E-state index in [1.54, 1.807) is 11.0 Å². The van der Waals surface area contributed by atoms with Crippen molar-refractivity contribution >= 4 is 11.8 Å². The highest BCUT2D eigenvalue weighted by Crippen LogP contribution is 2.32. The lowest BCUT2D eigenvalue weighted by Crippen LogP contribution is -2.94. The molecule has 0 spiro atoms. The van der Waals surface area contributed by atoms with Gasteiger partial charge in [0.15, 0.2) is 17.0 Å². The molecule has 3 aliphatic rings. The maximum Gasteiger partial charge on any atom is 0.383 e. The summed E-state index contributed by atoms with van der Waals surface area (Å²) in [6.07, 6.45) is 5.01. The number of carboxylic acid groups (broad SMARTS) is 1. The molecular weight excluding hydrogens is 294 g/mol. The Morgan fingerprint density at radius 1 is 1.57 bits per heavy atom. The molecule has 0 radical (unpaired) electrons. The van der Waals surface area contributed by atoms with E-state index in [0.29, 0.717) is 24.2 Å². The number of aliphatic carboxylic acids is 1. The van der Waals surface area contributed by atoms with Gasteiger partial charge in [0.1, 0.15) is 12.0 Å². The van der Waals surface area contributed by atoms with Crippen LogP contribution in [0.2, 0.25) is 0 Å². The van der Waals surface area contributed by atoms with E-state index in [1.807, 2.05) is 13.0 Å². The normalized spacial score (nSPS) is 24.1. The third-order valence-corrected chi connectivity index (χ3v) is 4.36. The molecule has 1 aliphatic carbocycles. The number of piperazine rings is 1. The van der Waals surface area contributed by atoms with Gasteiger partial charge >= 0.3 is 5.97 Å². The van der Waals surface area contributed by atoms with Crippen molar-refractivity contribution in [2.45, 2.75) is 19.9 Å². The number of carboxylic acids is 1. The Kier molecular flexibility index (Phi) is 4.03. The highest BCUT2D eigenvalue weighted by molar-refractivity contribution is 6.25. The van der Waals surface area contributed by atoms with E-state index in [1.165, 1.54) is 6.20 Å². The maximum atomic E-state index is 12.3. The molecule has 3 N–H and O–H groups in total. The second-order valence-electron chi connectivity index (χ2n) is 6.02. The van der Waals surface area contributed by atoms with Crippen LogP contribution < -0.4 is 5.32 Å². The first kappa shape index (κ1) is 15.5. The number of fused-ring (bicyclic) bond motifs is 1. The summed E-state index contributed by atoms with van der Waals surface area (Å²) < 4.78 is 0. The van der Waals surface area contributed by atoms with E-state index in [4.69, 9.17) is 0 Å². The van der Waals surface area contributed by atoms with Crippen LogP contribution in [0.25, 0.3) is 0 Å². The first-order valence-electron chi connectivity index (χ1n) is 7.92. The summed E-state index contributed by atoms with van der Waals surface area (Å²) in [5, 5.41) is 11.5. The SMILES string of the molecule is CCN1C=C(C(=O)O)C(=O)[C+]2C=CC(N3CC[NH2+]C(C)C3)=C=C21. The largest absolute Gasteiger partial charge is 0.470 e. The molecular formula is C17H21N3O3+2. The number of nitrogens with zero attached hydrogens (tertiary/aromatic N) is 2. The van der Waals surface area contributed by atoms with E-state index in [-0.39, 0.29) is 5.57 Å². The average molecular weight is 315 g/mol. The van der Waals surface area contributed by atoms with Gasteiger partial charge in [0.25, 0.3) is 5.78 Å². The molecule has 2 aliphatic heterocycles. The van der Waals surface area contributed by atoms with Crippen LogP contribution in [0, 0.1) is 5.92 Å². The molecule has 0 aromatic heterocycles. The first-order chi connectivity index (χ1) is 11.0. The summed E-state index contributed by atoms with van der Waals surface area (Å²) in [5.74, 6) is -1.23. The summed E-state index contributed by atoms with van der Waals surface area (Å²) in [5.41, 5.74) is 4.76. The maximum absolute atomic E-state index is 12.3. The fourth-order valence-corrected chi connectivity index (χ4v) is 3.14. The van der Waals surface area contributed by atoms with Gasteiger partial charge in [-0.05, 0) is 13.8 Å². The van der Waals surface area contributed by atoms with Crippen molar-refractivity contribution in [1.82, 2.24) is 9.80 Å². The third kappa shape index (κ3) is 2.79. The molecule has 2 heterocycles. The molecule has 6 nitrogen and oxygen atoms in total. The van der Waals surface area contributed by atoms with Crippen LogP contribution in [0.3, 0.4) is 0 Å². The van der Waals surface area contributed by atoms with Crippen molar-refractivity contribution in [3.05, 3.63) is 47.0 Å². The van der Waals surface area contributed by atoms with Gasteiger partial charge in [0.2, 0.25) is 0 Å². The molecule has 0 saturated carbocycles. The van der Waals surface area contributed by atoms with Crippen LogP contribution >= 0.6 is 0 Å². The van der Waals surface area contributed by atoms with Gasteiger partial charge in [0, 0.05) is 18.7 Å². The van der Waals surface area contributed by atoms with Crippen LogP contribution in [0.5, 0.6) is 0 Å². The molecule has 0 aromatic rings. The number of allylic oxidation sites excluding steroid dienone is 1. The number of hydrogen-bond acceptors (Lipinski definition) is 4. The van der Waals surface area contributed by atoms with Crippen LogP contribution in [0.15, 0.2) is 41.1 Å². The van der Waals surface area contributed by atoms with Crippen molar-refractivity contribution in [3.8, 4) is 0 Å². The molecule has 1 fully saturated rings. The van der Waals surface area contributed by atoms with Crippen molar-refractivity contribution < 1.29 is 20.0 Å². The smallest absolute Gasteiger partial charge is 0.383 e. The first-order valence-corrected chi connectivity index (χ1v) is 7.92. The zero-order chi connectivity index (χ0) is 16.6. The Morgan fingerprint density at radius 2 is 2.35 bits per heavy atom. The lowest BCUT2D eigenvalue weighted by molar-refractivity contribution is -0.694. The molecule has 1 atom stereocenters. The summed E-state index contributed by atoms with van der Waals surface area (Å²) in [4.78, 5) is 27.6. The Hall–Kier alpha value is -2.43. The summed E-state index contributed by atoms with van der Waals surface area (Å²) in [6.45, 7) is 7.61. The molecule has 120 valence electrons. The number of ketones is 1. The van der Waals surface area contributed by atoms with Crippen LogP contribution in [0.4, 0.5) is 0 Å². The molecule has 0 aromatic carbocycles. The van der Waals surface area contributed by atoms with E-state index < -0.39 is 11.8 Å². The highest BCUT2D eigenvalue weighted by Gasteiger charge is 2.43. The minimum Gasteiger partial charge on any atom is -0.470 e. The Morgan fingerprint density at radius 3 is 3.00 bits per heavy atom. The summed E-state index contributed by atoms with van der Waals surface area (Å²) >= 11 is 0. The average Bonchev–Trinajstić information content (AvgIpc) is 2.54. The molecule has 0 amide bonds. The highest BCUT2D eigenvalue weighted by atomic mass is 16.4. The van der Waals surface area contributed by atoms with Crippen LogP contribution in [0.1, 0.15) is 13.8 Å². The lowest BCUT2D eigenvalue weighted by Gasteiger charge is -2.31. The van der Waals surface area contributed by atoms with E-state index in [9.17, 15) is 14.7 Å². The molecule has 1 unspecified atom stereocenters. The zero-order valence-electron chi connectivity index (χ0n) is 13.4. The van der Waals surface area contributed by atoms with Gasteiger partial charge in [-0.2, -0.15) is 0 Å². The molecule has 1 saturated heterocycles. The Balaban J connectivity index is 2.00. The van der Waals surface area contributed by atoms with Crippen molar-refractivity contribution in [1.29, 1.82) is 0 Å². The van der Waals surface area contributed by atoms with Gasteiger partial charge in [-0.25, -0.2) is 4.79 Å². The zero-order valence-corrected chi connectivity index (χ0v) is 13.4. The summed E-state index contributed by atoms with van der Waals surface area (Å²) in [6, 6.07) is 0.524. The Labute approximate surface area is 135 Å². The number of rotatable bonds is 3. The van der Waals surface area contributed by atoms with Gasteiger partial charge < -0.3 is 20.2 Å². The van der Waals surface area contributed by atoms with Crippen molar-refractivity contribution in [3.63, 3.8) is 0 Å². The minimum absolute atomic E-state index is 0.193. The molecule has 0 bridgehead atoms. The quantitative estimate of drug-likeness (QED) is 0.422. The summed E-state index contributed by atoms with van der Waals surface area (Å²) in [7, 11) is 0. The number of quaternary nitrogens is 1. The Bertz CT molecular complexity index is 671. The third-order valence-electron chi connectivity index (χ3n) is 4.36. The molecule has 6 heteroatoms. The van der Waals surface area contributed by atoms with Gasteiger partial charge in [-0.1, -0.05) is 0 Å². The van der Waals surface area contributed by atoms with Crippen molar-refractivity contribution in [2.24, 2.45) is 0 Å². The predicted octanol–water partition coefficient (Wildman–Crippen LogP) is -0.362. The predicted molar refractivity (Wildman–Crippen MR) is 83.9 cm³/mol. The molecule has 23 heavy (non-hydrogen) atoms.